The van der Waals surface area contributed by atoms with E-state index in [1.165, 1.54) is 23.1 Å². The monoisotopic (exact) mass is 295 g/mol. The summed E-state index contributed by atoms with van der Waals surface area (Å²) in [6, 6.07) is 14.9. The van der Waals surface area contributed by atoms with E-state index in [0.29, 0.717) is 5.92 Å². The van der Waals surface area contributed by atoms with E-state index in [2.05, 4.69) is 55.6 Å². The van der Waals surface area contributed by atoms with Crippen molar-refractivity contribution >= 4 is 0 Å². The first-order valence-corrected chi connectivity index (χ1v) is 8.41. The Morgan fingerprint density at radius 2 is 1.86 bits per heavy atom. The molecule has 3 rings (SSSR count). The van der Waals surface area contributed by atoms with Gasteiger partial charge in [-0.3, -0.25) is 0 Å². The van der Waals surface area contributed by atoms with Crippen LogP contribution in [-0.2, 0) is 12.8 Å². The number of para-hydroxylation sites is 1. The molecule has 0 radical (unpaired) electrons. The van der Waals surface area contributed by atoms with Crippen molar-refractivity contribution < 1.29 is 4.74 Å². The van der Waals surface area contributed by atoms with Gasteiger partial charge in [0.2, 0.25) is 0 Å². The van der Waals surface area contributed by atoms with Crippen LogP contribution >= 0.6 is 0 Å². The number of hydrogen-bond acceptors (Lipinski definition) is 2. The summed E-state index contributed by atoms with van der Waals surface area (Å²) in [5, 5.41) is 3.46. The molecule has 0 aromatic heterocycles. The third kappa shape index (κ3) is 3.17. The number of ether oxygens (including phenoxy) is 1. The zero-order valence-corrected chi connectivity index (χ0v) is 13.6. The molecule has 0 aliphatic carbocycles. The van der Waals surface area contributed by atoms with Crippen LogP contribution in [0.1, 0.15) is 42.9 Å². The maximum Gasteiger partial charge on any atom is 0.130 e. The van der Waals surface area contributed by atoms with Crippen molar-refractivity contribution in [2.45, 2.75) is 39.0 Å². The lowest BCUT2D eigenvalue weighted by atomic mass is 9.92. The van der Waals surface area contributed by atoms with E-state index in [1.807, 2.05) is 6.07 Å². The van der Waals surface area contributed by atoms with E-state index < -0.39 is 0 Å². The molecule has 1 atom stereocenters. The molecule has 1 aliphatic rings. The van der Waals surface area contributed by atoms with E-state index in [-0.39, 0.29) is 0 Å². The lowest BCUT2D eigenvalue weighted by Crippen LogP contribution is -2.09. The van der Waals surface area contributed by atoms with Crippen molar-refractivity contribution in [1.82, 2.24) is 5.32 Å². The van der Waals surface area contributed by atoms with Crippen LogP contribution in [0.5, 0.6) is 11.5 Å². The van der Waals surface area contributed by atoms with Crippen molar-refractivity contribution in [2.75, 3.05) is 13.1 Å². The normalized spacial score (nSPS) is 17.6. The van der Waals surface area contributed by atoms with Gasteiger partial charge in [-0.05, 0) is 66.6 Å². The summed E-state index contributed by atoms with van der Waals surface area (Å²) < 4.78 is 6.14. The average Bonchev–Trinajstić information content (AvgIpc) is 3.09. The largest absolute Gasteiger partial charge is 0.457 e. The Hall–Kier alpha value is -1.80. The molecule has 116 valence electrons. The summed E-state index contributed by atoms with van der Waals surface area (Å²) in [7, 11) is 0. The van der Waals surface area contributed by atoms with Gasteiger partial charge in [-0.25, -0.2) is 0 Å². The zero-order chi connectivity index (χ0) is 15.4. The van der Waals surface area contributed by atoms with Crippen molar-refractivity contribution in [3.8, 4) is 11.5 Å². The molecule has 0 saturated carbocycles. The van der Waals surface area contributed by atoms with Gasteiger partial charge in [-0.2, -0.15) is 0 Å². The van der Waals surface area contributed by atoms with Gasteiger partial charge in [-0.15, -0.1) is 0 Å². The summed E-state index contributed by atoms with van der Waals surface area (Å²) in [5.74, 6) is 2.58. The number of aryl methyl sites for hydroxylation is 2. The number of hydrogen-bond donors (Lipinski definition) is 1. The first-order chi connectivity index (χ1) is 10.8. The minimum absolute atomic E-state index is 0.659. The second kappa shape index (κ2) is 6.97. The molecule has 0 bridgehead atoms. The maximum absolute atomic E-state index is 6.14. The first kappa shape index (κ1) is 15.1. The smallest absolute Gasteiger partial charge is 0.130 e. The van der Waals surface area contributed by atoms with E-state index in [0.717, 1.165) is 37.4 Å². The average molecular weight is 295 g/mol. The summed E-state index contributed by atoms with van der Waals surface area (Å²) >= 11 is 0. The molecule has 1 unspecified atom stereocenters. The van der Waals surface area contributed by atoms with Gasteiger partial charge in [0, 0.05) is 6.54 Å². The van der Waals surface area contributed by atoms with E-state index in [4.69, 9.17) is 4.74 Å². The van der Waals surface area contributed by atoms with Crippen molar-refractivity contribution in [1.29, 1.82) is 0 Å². The molecule has 0 spiro atoms. The standard InChI is InChI=1S/C20H25NO/c1-3-15-7-5-6-8-20(15)22-18-9-10-19(16(4-2)13-18)17-11-12-21-14-17/h5-10,13,17,21H,3-4,11-12,14H2,1-2H3. The van der Waals surface area contributed by atoms with Crippen LogP contribution in [0.2, 0.25) is 0 Å². The van der Waals surface area contributed by atoms with Gasteiger partial charge in [0.1, 0.15) is 11.5 Å². The highest BCUT2D eigenvalue weighted by molar-refractivity contribution is 5.42. The van der Waals surface area contributed by atoms with E-state index in [9.17, 15) is 0 Å². The molecule has 1 aliphatic heterocycles. The summed E-state index contributed by atoms with van der Waals surface area (Å²) in [4.78, 5) is 0. The Morgan fingerprint density at radius 3 is 2.59 bits per heavy atom. The Balaban J connectivity index is 1.85. The molecule has 0 amide bonds. The Labute approximate surface area is 133 Å². The highest BCUT2D eigenvalue weighted by Gasteiger charge is 2.19. The van der Waals surface area contributed by atoms with Crippen LogP contribution in [0.4, 0.5) is 0 Å². The predicted octanol–water partition coefficient (Wildman–Crippen LogP) is 4.68. The SMILES string of the molecule is CCc1ccccc1Oc1ccc(C2CCNC2)c(CC)c1. The lowest BCUT2D eigenvalue weighted by Gasteiger charge is -2.16. The second-order valence-corrected chi connectivity index (χ2v) is 5.97. The third-order valence-electron chi connectivity index (χ3n) is 4.58. The predicted molar refractivity (Wildman–Crippen MR) is 91.9 cm³/mol. The van der Waals surface area contributed by atoms with Crippen molar-refractivity contribution in [3.63, 3.8) is 0 Å². The van der Waals surface area contributed by atoms with Crippen LogP contribution in [-0.4, -0.2) is 13.1 Å². The Kier molecular flexibility index (Phi) is 4.79. The molecule has 2 nitrogen and oxygen atoms in total. The quantitative estimate of drug-likeness (QED) is 0.864. The molecule has 2 aromatic carbocycles. The molecule has 1 saturated heterocycles. The third-order valence-corrected chi connectivity index (χ3v) is 4.58. The lowest BCUT2D eigenvalue weighted by molar-refractivity contribution is 0.475. The molecule has 22 heavy (non-hydrogen) atoms. The van der Waals surface area contributed by atoms with Crippen LogP contribution in [0.3, 0.4) is 0 Å². The fourth-order valence-electron chi connectivity index (χ4n) is 3.29. The van der Waals surface area contributed by atoms with Crippen LogP contribution in [0, 0.1) is 0 Å². The number of rotatable bonds is 5. The van der Waals surface area contributed by atoms with Crippen LogP contribution < -0.4 is 10.1 Å². The van der Waals surface area contributed by atoms with Gasteiger partial charge in [0.05, 0.1) is 0 Å². The molecule has 2 aromatic rings. The van der Waals surface area contributed by atoms with Crippen molar-refractivity contribution in [2.24, 2.45) is 0 Å². The fraction of sp³-hybridized carbons (Fsp3) is 0.400. The fourth-order valence-corrected chi connectivity index (χ4v) is 3.29. The Bertz CT molecular complexity index is 629. The molecule has 1 N–H and O–H groups in total. The topological polar surface area (TPSA) is 21.3 Å². The molecule has 1 heterocycles. The van der Waals surface area contributed by atoms with Crippen LogP contribution in [0.15, 0.2) is 42.5 Å². The first-order valence-electron chi connectivity index (χ1n) is 8.41. The summed E-state index contributed by atoms with van der Waals surface area (Å²) in [6.45, 7) is 6.63. The minimum atomic E-state index is 0.659. The zero-order valence-electron chi connectivity index (χ0n) is 13.6. The van der Waals surface area contributed by atoms with Crippen molar-refractivity contribution in [3.05, 3.63) is 59.2 Å². The molecule has 2 heteroatoms. The van der Waals surface area contributed by atoms with E-state index >= 15 is 0 Å². The van der Waals surface area contributed by atoms with Gasteiger partial charge >= 0.3 is 0 Å². The molecular weight excluding hydrogens is 270 g/mol. The second-order valence-electron chi connectivity index (χ2n) is 5.97. The van der Waals surface area contributed by atoms with Crippen LogP contribution in [0.25, 0.3) is 0 Å². The Morgan fingerprint density at radius 1 is 1.05 bits per heavy atom. The maximum atomic E-state index is 6.14. The van der Waals surface area contributed by atoms with Gasteiger partial charge in [0.25, 0.3) is 0 Å². The summed E-state index contributed by atoms with van der Waals surface area (Å²) in [6.07, 6.45) is 3.28. The number of nitrogens with one attached hydrogen (secondary N) is 1. The van der Waals surface area contributed by atoms with Gasteiger partial charge in [-0.1, -0.05) is 38.1 Å². The van der Waals surface area contributed by atoms with Gasteiger partial charge < -0.3 is 10.1 Å². The molecule has 1 fully saturated rings. The minimum Gasteiger partial charge on any atom is -0.457 e. The number of benzene rings is 2. The highest BCUT2D eigenvalue weighted by Crippen LogP contribution is 2.32. The molecular formula is C20H25NO. The van der Waals surface area contributed by atoms with Gasteiger partial charge in [0.15, 0.2) is 0 Å². The van der Waals surface area contributed by atoms with E-state index in [1.54, 1.807) is 0 Å². The highest BCUT2D eigenvalue weighted by atomic mass is 16.5. The summed E-state index contributed by atoms with van der Waals surface area (Å²) in [5.41, 5.74) is 4.16.